The second kappa shape index (κ2) is 6.81. The second-order valence-corrected chi connectivity index (χ2v) is 8.13. The first kappa shape index (κ1) is 18.1. The van der Waals surface area contributed by atoms with Gasteiger partial charge in [0.15, 0.2) is 0 Å². The number of rotatable bonds is 3. The van der Waals surface area contributed by atoms with Crippen molar-refractivity contribution in [1.82, 2.24) is 19.4 Å². The highest BCUT2D eigenvalue weighted by molar-refractivity contribution is 6.13. The Labute approximate surface area is 170 Å². The molecule has 3 aromatic rings. The van der Waals surface area contributed by atoms with Gasteiger partial charge in [-0.25, -0.2) is 4.98 Å². The predicted octanol–water partition coefficient (Wildman–Crippen LogP) is 3.34. The molecule has 29 heavy (non-hydrogen) atoms. The number of piperidine rings is 1. The van der Waals surface area contributed by atoms with Crippen molar-refractivity contribution in [3.63, 3.8) is 0 Å². The minimum atomic E-state index is -0.445. The molecule has 1 fully saturated rings. The molecule has 4 heterocycles. The normalized spacial score (nSPS) is 18.4. The zero-order valence-corrected chi connectivity index (χ0v) is 16.9. The Kier molecular flexibility index (Phi) is 4.24. The number of imidazole rings is 1. The number of hydrogen-bond donors (Lipinski definition) is 0. The molecule has 2 aliphatic rings. The number of para-hydroxylation sites is 1. The van der Waals surface area contributed by atoms with E-state index in [0.29, 0.717) is 0 Å². The van der Waals surface area contributed by atoms with Crippen molar-refractivity contribution in [1.29, 1.82) is 0 Å². The molecular formula is C23H25N5O. The number of aromatic nitrogens is 3. The van der Waals surface area contributed by atoms with Crippen LogP contribution >= 0.6 is 0 Å². The van der Waals surface area contributed by atoms with E-state index in [1.165, 1.54) is 0 Å². The highest BCUT2D eigenvalue weighted by atomic mass is 16.2. The molecular weight excluding hydrogens is 362 g/mol. The molecule has 0 unspecified atom stereocenters. The van der Waals surface area contributed by atoms with Crippen LogP contribution in [-0.4, -0.2) is 38.4 Å². The van der Waals surface area contributed by atoms with Crippen molar-refractivity contribution in [3.05, 3.63) is 72.1 Å². The van der Waals surface area contributed by atoms with Crippen LogP contribution in [0, 0.1) is 6.92 Å². The fraction of sp³-hybridized carbons (Fsp3) is 0.348. The van der Waals surface area contributed by atoms with Crippen LogP contribution < -0.4 is 4.90 Å². The van der Waals surface area contributed by atoms with Crippen molar-refractivity contribution in [2.45, 2.75) is 31.7 Å². The Bertz CT molecular complexity index is 1050. The fourth-order valence-corrected chi connectivity index (χ4v) is 4.69. The molecule has 2 aliphatic heterocycles. The molecule has 0 aliphatic carbocycles. The quantitative estimate of drug-likeness (QED) is 0.692. The predicted molar refractivity (Wildman–Crippen MR) is 112 cm³/mol. The number of benzene rings is 1. The molecule has 2 aromatic heterocycles. The first-order valence-electron chi connectivity index (χ1n) is 10.1. The lowest BCUT2D eigenvalue weighted by molar-refractivity contribution is -0.124. The highest BCUT2D eigenvalue weighted by Crippen LogP contribution is 2.50. The van der Waals surface area contributed by atoms with E-state index in [1.807, 2.05) is 55.5 Å². The van der Waals surface area contributed by atoms with Gasteiger partial charge in [-0.1, -0.05) is 18.2 Å². The van der Waals surface area contributed by atoms with E-state index in [2.05, 4.69) is 31.6 Å². The number of likely N-dealkylation sites (tertiary alicyclic amines) is 1. The van der Waals surface area contributed by atoms with Crippen molar-refractivity contribution in [2.24, 2.45) is 7.05 Å². The fourth-order valence-electron chi connectivity index (χ4n) is 4.69. The molecule has 0 N–H and O–H groups in total. The lowest BCUT2D eigenvalue weighted by Gasteiger charge is -2.38. The van der Waals surface area contributed by atoms with E-state index in [4.69, 9.17) is 0 Å². The third kappa shape index (κ3) is 2.86. The van der Waals surface area contributed by atoms with Crippen LogP contribution in [0.2, 0.25) is 0 Å². The minimum absolute atomic E-state index is 0.181. The summed E-state index contributed by atoms with van der Waals surface area (Å²) in [5.74, 6) is 1.24. The lowest BCUT2D eigenvalue weighted by atomic mass is 9.73. The number of aryl methyl sites for hydroxylation is 2. The van der Waals surface area contributed by atoms with Gasteiger partial charge >= 0.3 is 0 Å². The molecule has 1 aromatic carbocycles. The van der Waals surface area contributed by atoms with Crippen molar-refractivity contribution < 1.29 is 4.79 Å². The smallest absolute Gasteiger partial charge is 0.242 e. The number of anilines is 2. The van der Waals surface area contributed by atoms with Crippen LogP contribution in [0.1, 0.15) is 29.9 Å². The number of fused-ring (bicyclic) bond motifs is 2. The van der Waals surface area contributed by atoms with Crippen LogP contribution in [0.4, 0.5) is 11.4 Å². The van der Waals surface area contributed by atoms with E-state index in [1.54, 1.807) is 6.20 Å². The third-order valence-electron chi connectivity index (χ3n) is 6.42. The van der Waals surface area contributed by atoms with Gasteiger partial charge < -0.3 is 4.57 Å². The van der Waals surface area contributed by atoms with Crippen LogP contribution in [0.3, 0.4) is 0 Å². The second-order valence-electron chi connectivity index (χ2n) is 8.13. The highest BCUT2D eigenvalue weighted by Gasteiger charge is 2.52. The van der Waals surface area contributed by atoms with E-state index in [0.717, 1.165) is 60.9 Å². The number of nitrogens with zero attached hydrogens (tertiary/aromatic N) is 5. The Morgan fingerprint density at radius 1 is 1.07 bits per heavy atom. The molecule has 0 bridgehead atoms. The Morgan fingerprint density at radius 2 is 1.86 bits per heavy atom. The molecule has 1 saturated heterocycles. The van der Waals surface area contributed by atoms with Gasteiger partial charge in [-0.2, -0.15) is 0 Å². The monoisotopic (exact) mass is 387 g/mol. The number of amides is 1. The van der Waals surface area contributed by atoms with Crippen LogP contribution in [0.5, 0.6) is 0 Å². The van der Waals surface area contributed by atoms with Crippen LogP contribution in [-0.2, 0) is 23.8 Å². The van der Waals surface area contributed by atoms with Gasteiger partial charge in [0.25, 0.3) is 0 Å². The Morgan fingerprint density at radius 3 is 2.55 bits per heavy atom. The summed E-state index contributed by atoms with van der Waals surface area (Å²) in [7, 11) is 2.03. The van der Waals surface area contributed by atoms with Gasteiger partial charge in [0, 0.05) is 25.1 Å². The van der Waals surface area contributed by atoms with E-state index in [-0.39, 0.29) is 5.91 Å². The van der Waals surface area contributed by atoms with Gasteiger partial charge in [-0.3, -0.25) is 19.6 Å². The average Bonchev–Trinajstić information content (AvgIpc) is 3.24. The topological polar surface area (TPSA) is 54.3 Å². The first-order valence-corrected chi connectivity index (χ1v) is 10.1. The van der Waals surface area contributed by atoms with Crippen LogP contribution in [0.15, 0.2) is 55.0 Å². The summed E-state index contributed by atoms with van der Waals surface area (Å²) >= 11 is 0. The van der Waals surface area contributed by atoms with Gasteiger partial charge in [0.05, 0.1) is 29.5 Å². The summed E-state index contributed by atoms with van der Waals surface area (Å²) in [5, 5.41) is 0. The number of carbonyl (C=O) groups excluding carboxylic acids is 1. The number of pyridine rings is 1. The van der Waals surface area contributed by atoms with Gasteiger partial charge in [0.2, 0.25) is 5.91 Å². The number of hydrogen-bond acceptors (Lipinski definition) is 4. The molecule has 0 atom stereocenters. The summed E-state index contributed by atoms with van der Waals surface area (Å²) in [6.45, 7) is 4.54. The Hall–Kier alpha value is -2.99. The maximum atomic E-state index is 13.8. The first-order chi connectivity index (χ1) is 14.1. The average molecular weight is 387 g/mol. The SMILES string of the molecule is Cc1ccc(N2C(=O)C3(CCN(Cc4nccn4C)CC3)c3ccccc32)cn1. The zero-order valence-electron chi connectivity index (χ0n) is 16.9. The molecule has 6 heteroatoms. The molecule has 1 spiro atoms. The number of carbonyl (C=O) groups is 1. The Balaban J connectivity index is 1.44. The van der Waals surface area contributed by atoms with Crippen LogP contribution in [0.25, 0.3) is 0 Å². The summed E-state index contributed by atoms with van der Waals surface area (Å²) < 4.78 is 2.06. The lowest BCUT2D eigenvalue weighted by Crippen LogP contribution is -2.47. The van der Waals surface area contributed by atoms with Gasteiger partial charge in [-0.15, -0.1) is 0 Å². The van der Waals surface area contributed by atoms with Crippen molar-refractivity contribution >= 4 is 17.3 Å². The van der Waals surface area contributed by atoms with E-state index >= 15 is 0 Å². The van der Waals surface area contributed by atoms with Crippen molar-refractivity contribution in [2.75, 3.05) is 18.0 Å². The maximum absolute atomic E-state index is 13.8. The van der Waals surface area contributed by atoms with E-state index < -0.39 is 5.41 Å². The zero-order chi connectivity index (χ0) is 20.0. The maximum Gasteiger partial charge on any atom is 0.242 e. The molecule has 1 amide bonds. The summed E-state index contributed by atoms with van der Waals surface area (Å²) in [6.07, 6.45) is 7.27. The molecule has 6 nitrogen and oxygen atoms in total. The largest absolute Gasteiger partial charge is 0.337 e. The van der Waals surface area contributed by atoms with Crippen molar-refractivity contribution in [3.8, 4) is 0 Å². The van der Waals surface area contributed by atoms with E-state index in [9.17, 15) is 4.79 Å². The summed E-state index contributed by atoms with van der Waals surface area (Å²) in [5.41, 5.74) is 3.51. The molecule has 5 rings (SSSR count). The minimum Gasteiger partial charge on any atom is -0.337 e. The molecule has 148 valence electrons. The molecule has 0 radical (unpaired) electrons. The summed E-state index contributed by atoms with van der Waals surface area (Å²) in [4.78, 5) is 26.9. The van der Waals surface area contributed by atoms with Gasteiger partial charge in [-0.05, 0) is 56.6 Å². The summed E-state index contributed by atoms with van der Waals surface area (Å²) in [6, 6.07) is 12.2. The third-order valence-corrected chi connectivity index (χ3v) is 6.42. The van der Waals surface area contributed by atoms with Gasteiger partial charge in [0.1, 0.15) is 5.82 Å². The molecule has 0 saturated carbocycles. The standard InChI is InChI=1S/C23H25N5O/c1-17-7-8-18(15-25-17)28-20-6-4-3-5-19(20)23(22(28)29)9-12-27(13-10-23)16-21-24-11-14-26(21)2/h3-8,11,14-15H,9-10,12-13,16H2,1-2H3.